The zero-order chi connectivity index (χ0) is 15.7. The van der Waals surface area contributed by atoms with E-state index in [1.807, 2.05) is 29.2 Å². The molecule has 1 aromatic carbocycles. The van der Waals surface area contributed by atoms with Gasteiger partial charge >= 0.3 is 5.97 Å². The van der Waals surface area contributed by atoms with Gasteiger partial charge in [-0.05, 0) is 44.2 Å². The maximum absolute atomic E-state index is 11.5. The number of carboxylic acid groups (broad SMARTS) is 1. The van der Waals surface area contributed by atoms with E-state index in [9.17, 15) is 9.90 Å². The first-order valence-corrected chi connectivity index (χ1v) is 7.71. The first-order chi connectivity index (χ1) is 10.6. The smallest absolute Gasteiger partial charge is 0.326 e. The molecule has 1 unspecified atom stereocenters. The van der Waals surface area contributed by atoms with Gasteiger partial charge in [0.25, 0.3) is 0 Å². The predicted molar refractivity (Wildman–Crippen MR) is 88.5 cm³/mol. The van der Waals surface area contributed by atoms with E-state index < -0.39 is 12.0 Å². The molecule has 0 spiro atoms. The molecule has 5 nitrogen and oxygen atoms in total. The Bertz CT molecular complexity index is 694. The first kappa shape index (κ1) is 14.6. The molecule has 3 rings (SSSR count). The highest BCUT2D eigenvalue weighted by molar-refractivity contribution is 6.02. The van der Waals surface area contributed by atoms with Crippen LogP contribution in [0.25, 0.3) is 10.8 Å². The van der Waals surface area contributed by atoms with Crippen LogP contribution < -0.4 is 10.2 Å². The Hall–Kier alpha value is -2.30. The van der Waals surface area contributed by atoms with Crippen molar-refractivity contribution < 1.29 is 9.90 Å². The van der Waals surface area contributed by atoms with Gasteiger partial charge in [-0.25, -0.2) is 9.78 Å². The lowest BCUT2D eigenvalue weighted by Gasteiger charge is -2.25. The van der Waals surface area contributed by atoms with E-state index in [-0.39, 0.29) is 0 Å². The molecule has 0 amide bonds. The Balaban J connectivity index is 2.15. The van der Waals surface area contributed by atoms with Crippen LogP contribution in [0.1, 0.15) is 26.7 Å². The minimum Gasteiger partial charge on any atom is -0.480 e. The van der Waals surface area contributed by atoms with Gasteiger partial charge in [-0.15, -0.1) is 0 Å². The molecular weight excluding hydrogens is 278 g/mol. The normalized spacial score (nSPS) is 18.1. The predicted octanol–water partition coefficient (Wildman–Crippen LogP) is 3.11. The van der Waals surface area contributed by atoms with Crippen LogP contribution in [0, 0.1) is 0 Å². The fourth-order valence-electron chi connectivity index (χ4n) is 3.14. The Labute approximate surface area is 130 Å². The van der Waals surface area contributed by atoms with Gasteiger partial charge < -0.3 is 15.3 Å². The summed E-state index contributed by atoms with van der Waals surface area (Å²) in [6, 6.07) is 7.86. The molecule has 1 aliphatic heterocycles. The van der Waals surface area contributed by atoms with E-state index in [2.05, 4.69) is 24.1 Å². The lowest BCUT2D eigenvalue weighted by atomic mass is 10.1. The summed E-state index contributed by atoms with van der Waals surface area (Å²) in [5.74, 6) is -0.00301. The standard InChI is InChI=1S/C17H21N3O2/c1-11(2)19-13-6-3-5-12-8-9-18-16(15(12)13)20-10-4-7-14(20)17(21)22/h3,5-6,8-9,11,14,19H,4,7,10H2,1-2H3,(H,21,22). The number of carbonyl (C=O) groups is 1. The number of hydrogen-bond donors (Lipinski definition) is 2. The fourth-order valence-corrected chi connectivity index (χ4v) is 3.14. The SMILES string of the molecule is CC(C)Nc1cccc2ccnc(N3CCCC3C(=O)O)c12. The van der Waals surface area contributed by atoms with E-state index >= 15 is 0 Å². The number of aromatic nitrogens is 1. The molecule has 0 aliphatic carbocycles. The van der Waals surface area contributed by atoms with Crippen molar-refractivity contribution in [2.75, 3.05) is 16.8 Å². The van der Waals surface area contributed by atoms with Crippen molar-refractivity contribution in [1.29, 1.82) is 0 Å². The van der Waals surface area contributed by atoms with Gasteiger partial charge in [0.2, 0.25) is 0 Å². The Morgan fingerprint density at radius 1 is 1.41 bits per heavy atom. The Kier molecular flexibility index (Phi) is 3.88. The molecule has 22 heavy (non-hydrogen) atoms. The maximum Gasteiger partial charge on any atom is 0.326 e. The van der Waals surface area contributed by atoms with Crippen LogP contribution in [0.3, 0.4) is 0 Å². The number of benzene rings is 1. The monoisotopic (exact) mass is 299 g/mol. The number of anilines is 2. The molecule has 5 heteroatoms. The van der Waals surface area contributed by atoms with Crippen LogP contribution >= 0.6 is 0 Å². The number of rotatable bonds is 4. The highest BCUT2D eigenvalue weighted by Crippen LogP contribution is 2.35. The Morgan fingerprint density at radius 3 is 2.95 bits per heavy atom. The van der Waals surface area contributed by atoms with Crippen LogP contribution in [0.15, 0.2) is 30.5 Å². The van der Waals surface area contributed by atoms with E-state index in [0.29, 0.717) is 12.5 Å². The van der Waals surface area contributed by atoms with Crippen molar-refractivity contribution in [3.63, 3.8) is 0 Å². The summed E-state index contributed by atoms with van der Waals surface area (Å²) >= 11 is 0. The maximum atomic E-state index is 11.5. The first-order valence-electron chi connectivity index (χ1n) is 7.71. The van der Waals surface area contributed by atoms with Gasteiger partial charge in [0.15, 0.2) is 0 Å². The second-order valence-corrected chi connectivity index (χ2v) is 6.03. The van der Waals surface area contributed by atoms with E-state index in [4.69, 9.17) is 0 Å². The molecule has 1 aliphatic rings. The number of fused-ring (bicyclic) bond motifs is 1. The van der Waals surface area contributed by atoms with E-state index in [1.165, 1.54) is 0 Å². The molecule has 1 fully saturated rings. The molecule has 1 saturated heterocycles. The molecule has 1 atom stereocenters. The summed E-state index contributed by atoms with van der Waals surface area (Å²) < 4.78 is 0. The number of carboxylic acids is 1. The molecule has 116 valence electrons. The van der Waals surface area contributed by atoms with Gasteiger partial charge in [-0.2, -0.15) is 0 Å². The third-order valence-electron chi connectivity index (χ3n) is 4.03. The molecule has 2 heterocycles. The summed E-state index contributed by atoms with van der Waals surface area (Å²) in [7, 11) is 0. The lowest BCUT2D eigenvalue weighted by Crippen LogP contribution is -2.36. The van der Waals surface area contributed by atoms with Gasteiger partial charge in [-0.1, -0.05) is 12.1 Å². The minimum atomic E-state index is -0.773. The van der Waals surface area contributed by atoms with Crippen molar-refractivity contribution >= 4 is 28.2 Å². The van der Waals surface area contributed by atoms with Gasteiger partial charge in [0, 0.05) is 29.9 Å². The summed E-state index contributed by atoms with van der Waals surface area (Å²) in [5.41, 5.74) is 1.01. The number of pyridine rings is 1. The summed E-state index contributed by atoms with van der Waals surface area (Å²) in [5, 5.41) is 15.0. The van der Waals surface area contributed by atoms with E-state index in [1.54, 1.807) is 6.20 Å². The van der Waals surface area contributed by atoms with Crippen LogP contribution in [-0.4, -0.2) is 34.7 Å². The van der Waals surface area contributed by atoms with Gasteiger partial charge in [0.05, 0.1) is 0 Å². The number of hydrogen-bond acceptors (Lipinski definition) is 4. The van der Waals surface area contributed by atoms with Gasteiger partial charge in [0.1, 0.15) is 11.9 Å². The number of aliphatic carboxylic acids is 1. The largest absolute Gasteiger partial charge is 0.480 e. The molecule has 1 aromatic heterocycles. The van der Waals surface area contributed by atoms with E-state index in [0.717, 1.165) is 35.2 Å². The summed E-state index contributed by atoms with van der Waals surface area (Å²) in [6.07, 6.45) is 3.32. The van der Waals surface area contributed by atoms with Crippen LogP contribution in [0.4, 0.5) is 11.5 Å². The Morgan fingerprint density at radius 2 is 2.23 bits per heavy atom. The second kappa shape index (κ2) is 5.83. The highest BCUT2D eigenvalue weighted by Gasteiger charge is 2.32. The summed E-state index contributed by atoms with van der Waals surface area (Å²) in [6.45, 7) is 4.91. The molecule has 0 saturated carbocycles. The minimum absolute atomic E-state index is 0.299. The van der Waals surface area contributed by atoms with Crippen molar-refractivity contribution in [2.45, 2.75) is 38.8 Å². The topological polar surface area (TPSA) is 65.5 Å². The van der Waals surface area contributed by atoms with Crippen molar-refractivity contribution in [2.24, 2.45) is 0 Å². The van der Waals surface area contributed by atoms with Crippen LogP contribution in [0.2, 0.25) is 0 Å². The van der Waals surface area contributed by atoms with Gasteiger partial charge in [-0.3, -0.25) is 0 Å². The van der Waals surface area contributed by atoms with Crippen molar-refractivity contribution in [1.82, 2.24) is 4.98 Å². The average molecular weight is 299 g/mol. The zero-order valence-corrected chi connectivity index (χ0v) is 12.9. The lowest BCUT2D eigenvalue weighted by molar-refractivity contribution is -0.138. The third-order valence-corrected chi connectivity index (χ3v) is 4.03. The fraction of sp³-hybridized carbons (Fsp3) is 0.412. The quantitative estimate of drug-likeness (QED) is 0.908. The van der Waals surface area contributed by atoms with Crippen molar-refractivity contribution in [3.05, 3.63) is 30.5 Å². The number of nitrogens with one attached hydrogen (secondary N) is 1. The van der Waals surface area contributed by atoms with Crippen LogP contribution in [-0.2, 0) is 4.79 Å². The zero-order valence-electron chi connectivity index (χ0n) is 12.9. The molecular formula is C17H21N3O2. The van der Waals surface area contributed by atoms with Crippen molar-refractivity contribution in [3.8, 4) is 0 Å². The second-order valence-electron chi connectivity index (χ2n) is 6.03. The molecule has 0 radical (unpaired) electrons. The average Bonchev–Trinajstić information content (AvgIpc) is 2.96. The third kappa shape index (κ3) is 2.58. The molecule has 0 bridgehead atoms. The summed E-state index contributed by atoms with van der Waals surface area (Å²) in [4.78, 5) is 17.9. The number of nitrogens with zero attached hydrogens (tertiary/aromatic N) is 2. The molecule has 2 aromatic rings. The highest BCUT2D eigenvalue weighted by atomic mass is 16.4. The van der Waals surface area contributed by atoms with Crippen LogP contribution in [0.5, 0.6) is 0 Å². The molecule has 2 N–H and O–H groups in total.